The van der Waals surface area contributed by atoms with E-state index in [0.29, 0.717) is 5.13 Å². The highest BCUT2D eigenvalue weighted by atomic mass is 32.1. The zero-order valence-corrected chi connectivity index (χ0v) is 12.2. The van der Waals surface area contributed by atoms with Crippen LogP contribution in [0.4, 0.5) is 5.13 Å². The van der Waals surface area contributed by atoms with E-state index in [1.54, 1.807) is 0 Å². The second kappa shape index (κ2) is 4.97. The van der Waals surface area contributed by atoms with Crippen molar-refractivity contribution in [1.82, 2.24) is 10.3 Å². The molecule has 2 rings (SSSR count). The Kier molecular flexibility index (Phi) is 3.73. The Morgan fingerprint density at radius 3 is 2.89 bits per heavy atom. The van der Waals surface area contributed by atoms with Gasteiger partial charge in [0.05, 0.1) is 5.69 Å². The molecule has 0 spiro atoms. The first-order valence-corrected chi connectivity index (χ1v) is 7.31. The lowest BCUT2D eigenvalue weighted by atomic mass is 10.1. The number of carbonyl (C=O) groups is 1. The molecule has 0 radical (unpaired) electrons. The molecule has 2 N–H and O–H groups in total. The van der Waals surface area contributed by atoms with Crippen LogP contribution in [-0.4, -0.2) is 17.4 Å². The van der Waals surface area contributed by atoms with Crippen molar-refractivity contribution in [3.63, 3.8) is 0 Å². The van der Waals surface area contributed by atoms with Crippen LogP contribution in [0.2, 0.25) is 0 Å². The van der Waals surface area contributed by atoms with E-state index in [9.17, 15) is 4.79 Å². The van der Waals surface area contributed by atoms with Crippen LogP contribution in [0.15, 0.2) is 5.38 Å². The molecule has 2 atom stereocenters. The Bertz CT molecular complexity index is 441. The molecule has 0 aromatic carbocycles. The fourth-order valence-corrected chi connectivity index (χ4v) is 2.87. The van der Waals surface area contributed by atoms with Crippen LogP contribution in [0.1, 0.15) is 45.9 Å². The maximum Gasteiger partial charge on any atom is 0.229 e. The third-order valence-corrected chi connectivity index (χ3v) is 4.31. The predicted molar refractivity (Wildman–Crippen MR) is 74.7 cm³/mol. The quantitative estimate of drug-likeness (QED) is 0.862. The van der Waals surface area contributed by atoms with E-state index in [0.717, 1.165) is 18.7 Å². The Morgan fingerprint density at radius 2 is 2.33 bits per heavy atom. The van der Waals surface area contributed by atoms with Crippen LogP contribution in [0, 0.1) is 11.3 Å². The van der Waals surface area contributed by atoms with Crippen molar-refractivity contribution in [3.8, 4) is 0 Å². The zero-order valence-electron chi connectivity index (χ0n) is 11.4. The highest BCUT2D eigenvalue weighted by Gasteiger charge is 2.50. The van der Waals surface area contributed by atoms with Gasteiger partial charge in [0, 0.05) is 17.3 Å². The van der Waals surface area contributed by atoms with Crippen LogP contribution in [0.3, 0.4) is 0 Å². The number of nitrogens with one attached hydrogen (secondary N) is 2. The average molecular weight is 267 g/mol. The lowest BCUT2D eigenvalue weighted by Gasteiger charge is -2.08. The molecule has 1 amide bonds. The van der Waals surface area contributed by atoms with Gasteiger partial charge < -0.3 is 10.6 Å². The lowest BCUT2D eigenvalue weighted by Crippen LogP contribution is -2.19. The average Bonchev–Trinajstić information content (AvgIpc) is 2.74. The molecule has 1 aliphatic carbocycles. The SMILES string of the molecule is CCNC(C)c1csc(NC(=O)C2CC2(C)C)n1. The summed E-state index contributed by atoms with van der Waals surface area (Å²) < 4.78 is 0. The molecular weight excluding hydrogens is 246 g/mol. The van der Waals surface area contributed by atoms with Crippen molar-refractivity contribution in [2.75, 3.05) is 11.9 Å². The third-order valence-electron chi connectivity index (χ3n) is 3.54. The Labute approximate surface area is 112 Å². The number of hydrogen-bond acceptors (Lipinski definition) is 4. The molecule has 0 bridgehead atoms. The number of carbonyl (C=O) groups excluding carboxylic acids is 1. The number of rotatable bonds is 5. The summed E-state index contributed by atoms with van der Waals surface area (Å²) in [6.07, 6.45) is 0.977. The van der Waals surface area contributed by atoms with Crippen molar-refractivity contribution in [3.05, 3.63) is 11.1 Å². The van der Waals surface area contributed by atoms with Crippen LogP contribution < -0.4 is 10.6 Å². The molecule has 1 aliphatic rings. The van der Waals surface area contributed by atoms with Crippen molar-refractivity contribution < 1.29 is 4.79 Å². The first-order chi connectivity index (χ1) is 8.44. The fourth-order valence-electron chi connectivity index (χ4n) is 2.06. The largest absolute Gasteiger partial charge is 0.309 e. The summed E-state index contributed by atoms with van der Waals surface area (Å²) in [5.74, 6) is 0.257. The molecule has 18 heavy (non-hydrogen) atoms. The van der Waals surface area contributed by atoms with Gasteiger partial charge in [0.1, 0.15) is 0 Å². The minimum atomic E-state index is 0.108. The van der Waals surface area contributed by atoms with E-state index in [1.807, 2.05) is 5.38 Å². The summed E-state index contributed by atoms with van der Waals surface area (Å²) in [5, 5.41) is 8.94. The Balaban J connectivity index is 1.93. The maximum absolute atomic E-state index is 11.9. The monoisotopic (exact) mass is 267 g/mol. The van der Waals surface area contributed by atoms with E-state index < -0.39 is 0 Å². The van der Waals surface area contributed by atoms with E-state index in [2.05, 4.69) is 43.3 Å². The van der Waals surface area contributed by atoms with Crippen molar-refractivity contribution >= 4 is 22.4 Å². The van der Waals surface area contributed by atoms with Crippen molar-refractivity contribution in [2.24, 2.45) is 11.3 Å². The Hall–Kier alpha value is -0.940. The summed E-state index contributed by atoms with van der Waals surface area (Å²) in [6, 6.07) is 0.231. The first kappa shape index (κ1) is 13.5. The van der Waals surface area contributed by atoms with Crippen LogP contribution in [-0.2, 0) is 4.79 Å². The van der Waals surface area contributed by atoms with E-state index >= 15 is 0 Å². The molecule has 1 saturated carbocycles. The topological polar surface area (TPSA) is 54.0 Å². The van der Waals surface area contributed by atoms with E-state index in [4.69, 9.17) is 0 Å². The van der Waals surface area contributed by atoms with Crippen LogP contribution in [0.25, 0.3) is 0 Å². The summed E-state index contributed by atoms with van der Waals surface area (Å²) in [6.45, 7) is 9.31. The van der Waals surface area contributed by atoms with Crippen molar-refractivity contribution in [2.45, 2.75) is 40.2 Å². The molecule has 2 unspecified atom stereocenters. The first-order valence-electron chi connectivity index (χ1n) is 6.43. The van der Waals surface area contributed by atoms with Gasteiger partial charge in [-0.1, -0.05) is 20.8 Å². The van der Waals surface area contributed by atoms with Gasteiger partial charge in [-0.2, -0.15) is 0 Å². The molecule has 0 saturated heterocycles. The van der Waals surface area contributed by atoms with Gasteiger partial charge >= 0.3 is 0 Å². The number of nitrogens with zero attached hydrogens (tertiary/aromatic N) is 1. The minimum Gasteiger partial charge on any atom is -0.309 e. The summed E-state index contributed by atoms with van der Waals surface area (Å²) in [7, 11) is 0. The number of anilines is 1. The van der Waals surface area contributed by atoms with Crippen LogP contribution in [0.5, 0.6) is 0 Å². The summed E-state index contributed by atoms with van der Waals surface area (Å²) in [5.41, 5.74) is 1.16. The number of hydrogen-bond donors (Lipinski definition) is 2. The molecule has 1 heterocycles. The molecule has 1 aromatic heterocycles. The minimum absolute atomic E-state index is 0.108. The van der Waals surface area contributed by atoms with Crippen molar-refractivity contribution in [1.29, 1.82) is 0 Å². The zero-order chi connectivity index (χ0) is 13.3. The second-order valence-corrected chi connectivity index (χ2v) is 6.45. The third kappa shape index (κ3) is 2.90. The second-order valence-electron chi connectivity index (χ2n) is 5.59. The number of amides is 1. The van der Waals surface area contributed by atoms with Gasteiger partial charge in [-0.3, -0.25) is 4.79 Å². The molecule has 1 aromatic rings. The predicted octanol–water partition coefficient (Wildman–Crippen LogP) is 2.80. The lowest BCUT2D eigenvalue weighted by molar-refractivity contribution is -0.118. The standard InChI is InChI=1S/C13H21N3OS/c1-5-14-8(2)10-7-18-12(15-10)16-11(17)9-6-13(9,3)4/h7-9,14H,5-6H2,1-4H3,(H,15,16,17). The van der Waals surface area contributed by atoms with Gasteiger partial charge in [0.25, 0.3) is 0 Å². The molecule has 0 aliphatic heterocycles. The van der Waals surface area contributed by atoms with Crippen LogP contribution >= 0.6 is 11.3 Å². The molecule has 4 nitrogen and oxygen atoms in total. The molecule has 5 heteroatoms. The maximum atomic E-state index is 11.9. The summed E-state index contributed by atoms with van der Waals surface area (Å²) in [4.78, 5) is 16.4. The van der Waals surface area contributed by atoms with E-state index in [1.165, 1.54) is 11.3 Å². The van der Waals surface area contributed by atoms with Gasteiger partial charge in [0.2, 0.25) is 5.91 Å². The Morgan fingerprint density at radius 1 is 1.67 bits per heavy atom. The molecule has 100 valence electrons. The van der Waals surface area contributed by atoms with Gasteiger partial charge in [-0.25, -0.2) is 4.98 Å². The number of aromatic nitrogens is 1. The van der Waals surface area contributed by atoms with E-state index in [-0.39, 0.29) is 23.3 Å². The highest BCUT2D eigenvalue weighted by Crippen LogP contribution is 2.52. The highest BCUT2D eigenvalue weighted by molar-refractivity contribution is 7.13. The normalized spacial score (nSPS) is 22.6. The fraction of sp³-hybridized carbons (Fsp3) is 0.692. The summed E-state index contributed by atoms with van der Waals surface area (Å²) >= 11 is 1.49. The van der Waals surface area contributed by atoms with Gasteiger partial charge in [-0.05, 0) is 25.3 Å². The van der Waals surface area contributed by atoms with Gasteiger partial charge in [-0.15, -0.1) is 11.3 Å². The molecule has 1 fully saturated rings. The smallest absolute Gasteiger partial charge is 0.229 e. The molecular formula is C13H21N3OS. The number of thiazole rings is 1. The van der Waals surface area contributed by atoms with Gasteiger partial charge in [0.15, 0.2) is 5.13 Å².